The van der Waals surface area contributed by atoms with Crippen LogP contribution in [0.4, 0.5) is 5.69 Å². The summed E-state index contributed by atoms with van der Waals surface area (Å²) in [5.41, 5.74) is 6.45. The number of methoxy groups -OCH3 is 1. The molecule has 0 spiro atoms. The maximum atomic E-state index is 5.87. The number of ether oxygens (including phenoxy) is 1. The summed E-state index contributed by atoms with van der Waals surface area (Å²) in [6.45, 7) is 6.35. The molecule has 14 heavy (non-hydrogen) atoms. The molecule has 0 aliphatic rings. The van der Waals surface area contributed by atoms with E-state index < -0.39 is 8.32 Å². The summed E-state index contributed by atoms with van der Waals surface area (Å²) in [6, 6.07) is 5.58. The Morgan fingerprint density at radius 2 is 1.71 bits per heavy atom. The lowest BCUT2D eigenvalue weighted by Gasteiger charge is -2.21. The zero-order chi connectivity index (χ0) is 10.8. The first-order valence-corrected chi connectivity index (χ1v) is 7.96. The van der Waals surface area contributed by atoms with E-state index in [1.807, 2.05) is 18.2 Å². The summed E-state index contributed by atoms with van der Waals surface area (Å²) in [4.78, 5) is 0. The van der Waals surface area contributed by atoms with Crippen molar-refractivity contribution in [3.63, 3.8) is 0 Å². The van der Waals surface area contributed by atoms with Crippen LogP contribution >= 0.6 is 0 Å². The molecule has 78 valence electrons. The Bertz CT molecular complexity index is 320. The Balaban J connectivity index is 2.98. The van der Waals surface area contributed by atoms with Crippen LogP contribution in [0.1, 0.15) is 0 Å². The van der Waals surface area contributed by atoms with Gasteiger partial charge >= 0.3 is 0 Å². The summed E-state index contributed by atoms with van der Waals surface area (Å²) in [7, 11) is 0.000509. The Morgan fingerprint density at radius 1 is 1.14 bits per heavy atom. The van der Waals surface area contributed by atoms with Gasteiger partial charge in [0.1, 0.15) is 17.2 Å². The van der Waals surface area contributed by atoms with E-state index in [9.17, 15) is 0 Å². The van der Waals surface area contributed by atoms with Crippen molar-refractivity contribution in [1.29, 1.82) is 0 Å². The lowest BCUT2D eigenvalue weighted by atomic mass is 10.3. The molecule has 1 aromatic carbocycles. The quantitative estimate of drug-likeness (QED) is 0.617. The van der Waals surface area contributed by atoms with Gasteiger partial charge in [0, 0.05) is 0 Å². The minimum absolute atomic E-state index is 0.581. The van der Waals surface area contributed by atoms with Crippen LogP contribution in [0, 0.1) is 0 Å². The number of benzene rings is 1. The highest BCUT2D eigenvalue weighted by Gasteiger charge is 2.18. The Labute approximate surface area is 86.0 Å². The second kappa shape index (κ2) is 3.92. The van der Waals surface area contributed by atoms with Crippen molar-refractivity contribution >= 4 is 14.0 Å². The van der Waals surface area contributed by atoms with Gasteiger partial charge < -0.3 is 14.9 Å². The van der Waals surface area contributed by atoms with Gasteiger partial charge in [-0.15, -0.1) is 0 Å². The SMILES string of the molecule is COc1cccc(O[Si](C)(C)C)c1N. The molecular weight excluding hydrogens is 194 g/mol. The molecule has 0 unspecified atom stereocenters. The average Bonchev–Trinajstić information content (AvgIpc) is 2.06. The second-order valence-electron chi connectivity index (χ2n) is 4.09. The molecule has 0 radical (unpaired) electrons. The summed E-state index contributed by atoms with van der Waals surface area (Å²) in [5, 5.41) is 0. The minimum atomic E-state index is -1.60. The summed E-state index contributed by atoms with van der Waals surface area (Å²) in [5.74, 6) is 1.39. The molecule has 0 aromatic heterocycles. The fourth-order valence-electron chi connectivity index (χ4n) is 1.12. The van der Waals surface area contributed by atoms with Crippen molar-refractivity contribution in [2.45, 2.75) is 19.6 Å². The lowest BCUT2D eigenvalue weighted by molar-refractivity contribution is 0.414. The summed E-state index contributed by atoms with van der Waals surface area (Å²) < 4.78 is 10.9. The van der Waals surface area contributed by atoms with Gasteiger partial charge in [0.2, 0.25) is 8.32 Å². The molecule has 0 aliphatic carbocycles. The first-order valence-electron chi connectivity index (χ1n) is 4.55. The van der Waals surface area contributed by atoms with E-state index in [0.29, 0.717) is 11.4 Å². The van der Waals surface area contributed by atoms with Crippen LogP contribution in [0.5, 0.6) is 11.5 Å². The number of rotatable bonds is 3. The molecule has 2 N–H and O–H groups in total. The van der Waals surface area contributed by atoms with E-state index in [1.165, 1.54) is 0 Å². The Morgan fingerprint density at radius 3 is 2.21 bits per heavy atom. The summed E-state index contributed by atoms with van der Waals surface area (Å²) >= 11 is 0. The third-order valence-corrected chi connectivity index (χ3v) is 2.49. The van der Waals surface area contributed by atoms with Crippen molar-refractivity contribution < 1.29 is 9.16 Å². The predicted molar refractivity (Wildman–Crippen MR) is 61.4 cm³/mol. The van der Waals surface area contributed by atoms with Crippen LogP contribution in [0.15, 0.2) is 18.2 Å². The maximum Gasteiger partial charge on any atom is 0.242 e. The number of anilines is 1. The van der Waals surface area contributed by atoms with Crippen molar-refractivity contribution in [2.75, 3.05) is 12.8 Å². The van der Waals surface area contributed by atoms with Crippen molar-refractivity contribution in [3.8, 4) is 11.5 Å². The topological polar surface area (TPSA) is 44.5 Å². The van der Waals surface area contributed by atoms with Crippen molar-refractivity contribution in [1.82, 2.24) is 0 Å². The van der Waals surface area contributed by atoms with E-state index in [2.05, 4.69) is 19.6 Å². The average molecular weight is 211 g/mol. The third-order valence-electron chi connectivity index (χ3n) is 1.66. The smallest absolute Gasteiger partial charge is 0.242 e. The zero-order valence-electron chi connectivity index (χ0n) is 9.13. The van der Waals surface area contributed by atoms with Gasteiger partial charge in [-0.2, -0.15) is 0 Å². The third kappa shape index (κ3) is 2.66. The largest absolute Gasteiger partial charge is 0.543 e. The molecule has 0 amide bonds. The van der Waals surface area contributed by atoms with Gasteiger partial charge in [-0.3, -0.25) is 0 Å². The van der Waals surface area contributed by atoms with E-state index in [1.54, 1.807) is 7.11 Å². The van der Waals surface area contributed by atoms with Gasteiger partial charge in [-0.05, 0) is 31.8 Å². The van der Waals surface area contributed by atoms with E-state index in [0.717, 1.165) is 5.75 Å². The monoisotopic (exact) mass is 211 g/mol. The molecule has 0 saturated heterocycles. The normalized spacial score (nSPS) is 11.1. The first-order chi connectivity index (χ1) is 6.44. The Hall–Kier alpha value is -1.16. The molecule has 0 heterocycles. The zero-order valence-corrected chi connectivity index (χ0v) is 10.1. The van der Waals surface area contributed by atoms with E-state index >= 15 is 0 Å². The molecule has 0 saturated carbocycles. The number of hydrogen-bond donors (Lipinski definition) is 1. The van der Waals surface area contributed by atoms with Crippen LogP contribution in [0.25, 0.3) is 0 Å². The second-order valence-corrected chi connectivity index (χ2v) is 8.52. The van der Waals surface area contributed by atoms with E-state index in [-0.39, 0.29) is 0 Å². The maximum absolute atomic E-state index is 5.87. The molecule has 0 fully saturated rings. The molecule has 0 atom stereocenters. The van der Waals surface area contributed by atoms with Crippen LogP contribution in [0.2, 0.25) is 19.6 Å². The molecule has 0 bridgehead atoms. The first kappa shape index (κ1) is 10.9. The fourth-order valence-corrected chi connectivity index (χ4v) is 1.96. The highest BCUT2D eigenvalue weighted by Crippen LogP contribution is 2.32. The molecular formula is C10H17NO2Si. The van der Waals surface area contributed by atoms with Crippen LogP contribution in [-0.2, 0) is 0 Å². The van der Waals surface area contributed by atoms with Gasteiger partial charge in [-0.25, -0.2) is 0 Å². The van der Waals surface area contributed by atoms with Crippen LogP contribution in [-0.4, -0.2) is 15.4 Å². The molecule has 1 aromatic rings. The predicted octanol–water partition coefficient (Wildman–Crippen LogP) is 2.49. The Kier molecular flexibility index (Phi) is 3.05. The fraction of sp³-hybridized carbons (Fsp3) is 0.400. The molecule has 1 rings (SSSR count). The molecule has 0 aliphatic heterocycles. The van der Waals surface area contributed by atoms with Crippen molar-refractivity contribution in [3.05, 3.63) is 18.2 Å². The number of hydrogen-bond acceptors (Lipinski definition) is 3. The van der Waals surface area contributed by atoms with Gasteiger partial charge in [0.15, 0.2) is 0 Å². The van der Waals surface area contributed by atoms with Crippen LogP contribution < -0.4 is 14.9 Å². The van der Waals surface area contributed by atoms with E-state index in [4.69, 9.17) is 14.9 Å². The van der Waals surface area contributed by atoms with Gasteiger partial charge in [-0.1, -0.05) is 6.07 Å². The number of nitrogen functional groups attached to an aromatic ring is 1. The van der Waals surface area contributed by atoms with Crippen LogP contribution in [0.3, 0.4) is 0 Å². The minimum Gasteiger partial charge on any atom is -0.543 e. The number of para-hydroxylation sites is 1. The standard InChI is InChI=1S/C10H17NO2Si/c1-12-8-6-5-7-9(10(8)11)13-14(2,3)4/h5-7H,11H2,1-4H3. The lowest BCUT2D eigenvalue weighted by Crippen LogP contribution is -2.29. The van der Waals surface area contributed by atoms with Crippen molar-refractivity contribution in [2.24, 2.45) is 0 Å². The van der Waals surface area contributed by atoms with Gasteiger partial charge in [0.05, 0.1) is 7.11 Å². The number of nitrogens with two attached hydrogens (primary N) is 1. The molecule has 3 nitrogen and oxygen atoms in total. The van der Waals surface area contributed by atoms with Gasteiger partial charge in [0.25, 0.3) is 0 Å². The molecule has 4 heteroatoms. The highest BCUT2D eigenvalue weighted by atomic mass is 28.4. The highest BCUT2D eigenvalue weighted by molar-refractivity contribution is 6.70. The summed E-state index contributed by atoms with van der Waals surface area (Å²) in [6.07, 6.45) is 0.